The summed E-state index contributed by atoms with van der Waals surface area (Å²) in [6, 6.07) is 3.23. The number of rotatable bonds is 5. The summed E-state index contributed by atoms with van der Waals surface area (Å²) < 4.78 is 10.7. The van der Waals surface area contributed by atoms with Crippen molar-refractivity contribution >= 4 is 50.7 Å². The van der Waals surface area contributed by atoms with Gasteiger partial charge in [-0.25, -0.2) is 9.97 Å². The second kappa shape index (κ2) is 7.64. The van der Waals surface area contributed by atoms with Gasteiger partial charge in [0.2, 0.25) is 12.7 Å². The molecule has 4 rings (SSSR count). The van der Waals surface area contributed by atoms with Gasteiger partial charge in [0.15, 0.2) is 17.3 Å². The lowest BCUT2D eigenvalue weighted by molar-refractivity contribution is -0.113. The third-order valence-corrected chi connectivity index (χ3v) is 6.69. The molecular weight excluding hydrogens is 410 g/mol. The molecule has 1 aromatic carbocycles. The SMILES string of the molecule is CC(=O)c1cc2c(cc1NC(=O)CSc1nc(C)nc3sc(C)c(C)c13)OCO2. The van der Waals surface area contributed by atoms with Crippen LogP contribution in [0, 0.1) is 20.8 Å². The number of ketones is 1. The number of thiophene rings is 1. The number of carbonyl (C=O) groups excluding carboxylic acids is 2. The van der Waals surface area contributed by atoms with E-state index >= 15 is 0 Å². The maximum atomic E-state index is 12.6. The van der Waals surface area contributed by atoms with Crippen LogP contribution in [0.1, 0.15) is 33.5 Å². The minimum absolute atomic E-state index is 0.0996. The number of benzene rings is 1. The smallest absolute Gasteiger partial charge is 0.234 e. The molecule has 0 unspecified atom stereocenters. The summed E-state index contributed by atoms with van der Waals surface area (Å²) in [4.78, 5) is 35.8. The highest BCUT2D eigenvalue weighted by molar-refractivity contribution is 8.00. The average Bonchev–Trinajstić information content (AvgIpc) is 3.22. The number of thioether (sulfide) groups is 1. The van der Waals surface area contributed by atoms with E-state index in [2.05, 4.69) is 22.2 Å². The Hall–Kier alpha value is -2.65. The molecule has 0 saturated carbocycles. The Balaban J connectivity index is 1.55. The van der Waals surface area contributed by atoms with Crippen molar-refractivity contribution in [3.05, 3.63) is 34.0 Å². The zero-order valence-corrected chi connectivity index (χ0v) is 18.0. The molecule has 150 valence electrons. The molecule has 0 fully saturated rings. The molecule has 1 aliphatic heterocycles. The van der Waals surface area contributed by atoms with Crippen LogP contribution in [0.15, 0.2) is 17.2 Å². The monoisotopic (exact) mass is 429 g/mol. The first-order chi connectivity index (χ1) is 13.8. The number of fused-ring (bicyclic) bond motifs is 2. The van der Waals surface area contributed by atoms with Crippen molar-refractivity contribution in [3.63, 3.8) is 0 Å². The van der Waals surface area contributed by atoms with Crippen LogP contribution in [0.5, 0.6) is 11.5 Å². The molecule has 0 saturated heterocycles. The van der Waals surface area contributed by atoms with Gasteiger partial charge in [0.1, 0.15) is 15.7 Å². The van der Waals surface area contributed by atoms with Crippen molar-refractivity contribution < 1.29 is 19.1 Å². The number of nitrogens with zero attached hydrogens (tertiary/aromatic N) is 2. The van der Waals surface area contributed by atoms with E-state index in [9.17, 15) is 9.59 Å². The largest absolute Gasteiger partial charge is 0.454 e. The van der Waals surface area contributed by atoms with Crippen LogP contribution in [0.25, 0.3) is 10.2 Å². The molecular formula is C20H19N3O4S2. The summed E-state index contributed by atoms with van der Waals surface area (Å²) in [5.41, 5.74) is 1.94. The second-order valence-corrected chi connectivity index (χ2v) is 8.85. The topological polar surface area (TPSA) is 90.4 Å². The van der Waals surface area contributed by atoms with E-state index in [1.165, 1.54) is 23.6 Å². The third kappa shape index (κ3) is 3.79. The maximum Gasteiger partial charge on any atom is 0.234 e. The Morgan fingerprint density at radius 2 is 1.90 bits per heavy atom. The molecule has 29 heavy (non-hydrogen) atoms. The zero-order chi connectivity index (χ0) is 20.7. The highest BCUT2D eigenvalue weighted by Gasteiger charge is 2.21. The third-order valence-electron chi connectivity index (χ3n) is 4.61. The molecule has 1 N–H and O–H groups in total. The number of ether oxygens (including phenoxy) is 2. The van der Waals surface area contributed by atoms with Gasteiger partial charge in [-0.1, -0.05) is 11.8 Å². The molecule has 0 atom stereocenters. The van der Waals surface area contributed by atoms with E-state index in [0.29, 0.717) is 28.6 Å². The summed E-state index contributed by atoms with van der Waals surface area (Å²) >= 11 is 2.99. The van der Waals surface area contributed by atoms with Gasteiger partial charge in [-0.3, -0.25) is 9.59 Å². The number of hydrogen-bond acceptors (Lipinski definition) is 8. The van der Waals surface area contributed by atoms with Crippen LogP contribution < -0.4 is 14.8 Å². The van der Waals surface area contributed by atoms with Crippen molar-refractivity contribution in [2.45, 2.75) is 32.7 Å². The number of carbonyl (C=O) groups is 2. The van der Waals surface area contributed by atoms with Crippen molar-refractivity contribution in [2.24, 2.45) is 0 Å². The summed E-state index contributed by atoms with van der Waals surface area (Å²) in [6.45, 7) is 7.50. The average molecular weight is 430 g/mol. The Morgan fingerprint density at radius 1 is 1.17 bits per heavy atom. The molecule has 1 aliphatic rings. The van der Waals surface area contributed by atoms with E-state index in [1.807, 2.05) is 13.8 Å². The maximum absolute atomic E-state index is 12.6. The van der Waals surface area contributed by atoms with Gasteiger partial charge >= 0.3 is 0 Å². The van der Waals surface area contributed by atoms with E-state index in [1.54, 1.807) is 23.5 Å². The van der Waals surface area contributed by atoms with Gasteiger partial charge in [-0.2, -0.15) is 0 Å². The predicted octanol–water partition coefficient (Wildman–Crippen LogP) is 4.28. The molecule has 0 bridgehead atoms. The summed E-state index contributed by atoms with van der Waals surface area (Å²) in [5.74, 6) is 1.46. The summed E-state index contributed by atoms with van der Waals surface area (Å²) in [7, 11) is 0. The molecule has 1 amide bonds. The van der Waals surface area contributed by atoms with E-state index < -0.39 is 0 Å². The molecule has 7 nitrogen and oxygen atoms in total. The Bertz CT molecular complexity index is 1160. The minimum Gasteiger partial charge on any atom is -0.454 e. The fourth-order valence-corrected chi connectivity index (χ4v) is 5.15. The summed E-state index contributed by atoms with van der Waals surface area (Å²) in [5, 5.41) is 4.61. The minimum atomic E-state index is -0.231. The molecule has 0 aliphatic carbocycles. The van der Waals surface area contributed by atoms with Crippen molar-refractivity contribution in [2.75, 3.05) is 17.9 Å². The van der Waals surface area contributed by atoms with E-state index in [4.69, 9.17) is 9.47 Å². The summed E-state index contributed by atoms with van der Waals surface area (Å²) in [6.07, 6.45) is 0. The number of Topliss-reactive ketones (excluding diaryl/α,β-unsaturated/α-hetero) is 1. The molecule has 3 aromatic rings. The van der Waals surface area contributed by atoms with E-state index in [-0.39, 0.29) is 24.2 Å². The number of aromatic nitrogens is 2. The van der Waals surface area contributed by atoms with Crippen LogP contribution in [-0.2, 0) is 4.79 Å². The lowest BCUT2D eigenvalue weighted by Gasteiger charge is -2.11. The lowest BCUT2D eigenvalue weighted by Crippen LogP contribution is -2.16. The Labute approximate surface area is 175 Å². The van der Waals surface area contributed by atoms with E-state index in [0.717, 1.165) is 20.8 Å². The number of nitrogens with one attached hydrogen (secondary N) is 1. The fraction of sp³-hybridized carbons (Fsp3) is 0.300. The van der Waals surface area contributed by atoms with Gasteiger partial charge in [0.05, 0.1) is 11.4 Å². The van der Waals surface area contributed by atoms with Gasteiger partial charge in [0, 0.05) is 21.9 Å². The Morgan fingerprint density at radius 3 is 2.62 bits per heavy atom. The molecule has 0 radical (unpaired) electrons. The molecule has 0 spiro atoms. The highest BCUT2D eigenvalue weighted by atomic mass is 32.2. The van der Waals surface area contributed by atoms with Crippen LogP contribution >= 0.6 is 23.1 Å². The second-order valence-electron chi connectivity index (χ2n) is 6.68. The van der Waals surface area contributed by atoms with Crippen molar-refractivity contribution in [3.8, 4) is 11.5 Å². The van der Waals surface area contributed by atoms with Crippen LogP contribution in [-0.4, -0.2) is 34.2 Å². The number of hydrogen-bond donors (Lipinski definition) is 1. The van der Waals surface area contributed by atoms with Crippen LogP contribution in [0.3, 0.4) is 0 Å². The highest BCUT2D eigenvalue weighted by Crippen LogP contribution is 2.38. The predicted molar refractivity (Wildman–Crippen MR) is 114 cm³/mol. The molecule has 9 heteroatoms. The number of anilines is 1. The van der Waals surface area contributed by atoms with Gasteiger partial charge in [-0.05, 0) is 39.3 Å². The van der Waals surface area contributed by atoms with Crippen LogP contribution in [0.2, 0.25) is 0 Å². The first-order valence-electron chi connectivity index (χ1n) is 8.95. The van der Waals surface area contributed by atoms with Crippen LogP contribution in [0.4, 0.5) is 5.69 Å². The Kier molecular flexibility index (Phi) is 5.18. The van der Waals surface area contributed by atoms with Gasteiger partial charge in [0.25, 0.3) is 0 Å². The zero-order valence-electron chi connectivity index (χ0n) is 16.4. The number of aryl methyl sites for hydroxylation is 3. The molecule has 3 heterocycles. The normalized spacial score (nSPS) is 12.4. The van der Waals surface area contributed by atoms with Gasteiger partial charge in [-0.15, -0.1) is 11.3 Å². The molecule has 2 aromatic heterocycles. The van der Waals surface area contributed by atoms with Gasteiger partial charge < -0.3 is 14.8 Å². The fourth-order valence-electron chi connectivity index (χ4n) is 3.08. The first kappa shape index (κ1) is 19.7. The quantitative estimate of drug-likeness (QED) is 0.368. The van der Waals surface area contributed by atoms with Crippen molar-refractivity contribution in [1.29, 1.82) is 0 Å². The first-order valence-corrected chi connectivity index (χ1v) is 10.7. The lowest BCUT2D eigenvalue weighted by atomic mass is 10.1. The standard InChI is InChI=1S/C20H19N3O4S2/c1-9-11(3)29-20-18(9)19(21-12(4)22-20)28-7-17(25)23-14-6-16-15(26-8-27-16)5-13(14)10(2)24/h5-6H,7-8H2,1-4H3,(H,23,25). The number of amides is 1. The van der Waals surface area contributed by atoms with Crippen molar-refractivity contribution in [1.82, 2.24) is 9.97 Å².